The molecule has 90 valence electrons. The number of hydrogen-bond acceptors (Lipinski definition) is 1. The maximum absolute atomic E-state index is 11.6. The molecule has 0 saturated heterocycles. The van der Waals surface area contributed by atoms with Gasteiger partial charge in [-0.05, 0) is 25.2 Å². The average Bonchev–Trinajstić information content (AvgIpc) is 2.17. The Bertz CT molecular complexity index is 308. The number of halogens is 1. The molecule has 1 saturated carbocycles. The summed E-state index contributed by atoms with van der Waals surface area (Å²) in [6, 6.07) is 0. The van der Waals surface area contributed by atoms with Gasteiger partial charge >= 0.3 is 0 Å². The number of Topliss-reactive ketones (excluding diaryl/α,β-unsaturated/α-hetero) is 1. The summed E-state index contributed by atoms with van der Waals surface area (Å²) >= 11 is 2.32. The molecular weight excluding hydrogens is 327 g/mol. The number of rotatable bonds is 2. The van der Waals surface area contributed by atoms with E-state index in [1.165, 1.54) is 6.42 Å². The summed E-state index contributed by atoms with van der Waals surface area (Å²) in [5, 5.41) is 0. The number of carbonyl (C=O) groups excluding carboxylic acids is 1. The summed E-state index contributed by atoms with van der Waals surface area (Å²) in [7, 11) is -1.20. The lowest BCUT2D eigenvalue weighted by Gasteiger charge is -2.25. The molecule has 0 aromatic carbocycles. The van der Waals surface area contributed by atoms with E-state index in [9.17, 15) is 4.79 Å². The Hall–Kier alpha value is 0.177. The summed E-state index contributed by atoms with van der Waals surface area (Å²) in [5.41, 5.74) is 3.39. The molecule has 0 aromatic rings. The van der Waals surface area contributed by atoms with E-state index in [2.05, 4.69) is 53.7 Å². The third-order valence-electron chi connectivity index (χ3n) is 2.82. The summed E-state index contributed by atoms with van der Waals surface area (Å²) in [5.74, 6) is 4.34. The molecule has 0 aromatic heterocycles. The maximum atomic E-state index is 11.6. The fourth-order valence-corrected chi connectivity index (χ4v) is 3.65. The van der Waals surface area contributed by atoms with Crippen LogP contribution in [0.25, 0.3) is 0 Å². The SMILES string of the molecule is C[Si](C)(C)C#CCC[C@H]1CCCC(=O)[C@H]1I. The van der Waals surface area contributed by atoms with Gasteiger partial charge in [0.2, 0.25) is 0 Å². The van der Waals surface area contributed by atoms with Crippen LogP contribution in [-0.4, -0.2) is 17.8 Å². The second-order valence-electron chi connectivity index (χ2n) is 5.61. The van der Waals surface area contributed by atoms with Gasteiger partial charge < -0.3 is 0 Å². The minimum atomic E-state index is -1.20. The molecule has 2 atom stereocenters. The first-order valence-corrected chi connectivity index (χ1v) is 10.8. The van der Waals surface area contributed by atoms with Gasteiger partial charge in [0.15, 0.2) is 0 Å². The molecule has 0 radical (unpaired) electrons. The Morgan fingerprint density at radius 2 is 2.12 bits per heavy atom. The highest BCUT2D eigenvalue weighted by Crippen LogP contribution is 2.30. The molecule has 0 aliphatic heterocycles. The normalized spacial score (nSPS) is 26.1. The molecule has 1 aliphatic rings. The largest absolute Gasteiger partial charge is 0.299 e. The second-order valence-corrected chi connectivity index (χ2v) is 11.7. The lowest BCUT2D eigenvalue weighted by atomic mass is 9.85. The average molecular weight is 348 g/mol. The van der Waals surface area contributed by atoms with Crippen LogP contribution in [0.15, 0.2) is 0 Å². The van der Waals surface area contributed by atoms with E-state index in [1.54, 1.807) is 0 Å². The van der Waals surface area contributed by atoms with Gasteiger partial charge in [0, 0.05) is 12.8 Å². The Morgan fingerprint density at radius 3 is 2.75 bits per heavy atom. The van der Waals surface area contributed by atoms with Crippen molar-refractivity contribution in [1.82, 2.24) is 0 Å². The first kappa shape index (κ1) is 14.2. The summed E-state index contributed by atoms with van der Waals surface area (Å²) in [6.07, 6.45) is 5.18. The lowest BCUT2D eigenvalue weighted by Crippen LogP contribution is -2.28. The monoisotopic (exact) mass is 348 g/mol. The molecule has 0 amide bonds. The van der Waals surface area contributed by atoms with Crippen molar-refractivity contribution in [2.24, 2.45) is 5.92 Å². The molecular formula is C13H21IOSi. The molecule has 3 heteroatoms. The molecule has 0 heterocycles. The maximum Gasteiger partial charge on any atom is 0.145 e. The summed E-state index contributed by atoms with van der Waals surface area (Å²) in [6.45, 7) is 6.81. The van der Waals surface area contributed by atoms with Crippen molar-refractivity contribution in [1.29, 1.82) is 0 Å². The lowest BCUT2D eigenvalue weighted by molar-refractivity contribution is -0.120. The number of ketones is 1. The minimum absolute atomic E-state index is 0.250. The van der Waals surface area contributed by atoms with Crippen LogP contribution in [0.3, 0.4) is 0 Å². The zero-order valence-corrected chi connectivity index (χ0v) is 13.6. The first-order chi connectivity index (χ1) is 7.40. The summed E-state index contributed by atoms with van der Waals surface area (Å²) < 4.78 is 0.250. The topological polar surface area (TPSA) is 17.1 Å². The third-order valence-corrected chi connectivity index (χ3v) is 5.46. The quantitative estimate of drug-likeness (QED) is 0.321. The van der Waals surface area contributed by atoms with Crippen molar-refractivity contribution in [2.45, 2.75) is 55.7 Å². The molecule has 1 fully saturated rings. The number of alkyl halides is 1. The third kappa shape index (κ3) is 5.01. The van der Waals surface area contributed by atoms with E-state index in [1.807, 2.05) is 0 Å². The van der Waals surface area contributed by atoms with Gasteiger partial charge in [-0.3, -0.25) is 4.79 Å². The van der Waals surface area contributed by atoms with E-state index < -0.39 is 8.07 Å². The van der Waals surface area contributed by atoms with Crippen LogP contribution in [-0.2, 0) is 4.79 Å². The Balaban J connectivity index is 2.37. The molecule has 1 nitrogen and oxygen atoms in total. The van der Waals surface area contributed by atoms with Crippen LogP contribution in [0.4, 0.5) is 0 Å². The molecule has 0 N–H and O–H groups in total. The van der Waals surface area contributed by atoms with E-state index in [-0.39, 0.29) is 3.92 Å². The fourth-order valence-electron chi connectivity index (χ4n) is 1.96. The highest BCUT2D eigenvalue weighted by molar-refractivity contribution is 14.1. The molecule has 1 rings (SSSR count). The van der Waals surface area contributed by atoms with Crippen LogP contribution < -0.4 is 0 Å². The van der Waals surface area contributed by atoms with E-state index in [4.69, 9.17) is 0 Å². The number of carbonyl (C=O) groups is 1. The Kier molecular flexibility index (Phi) is 5.52. The molecule has 0 unspecified atom stereocenters. The van der Waals surface area contributed by atoms with Gasteiger partial charge in [0.05, 0.1) is 3.92 Å². The molecule has 0 spiro atoms. The molecule has 16 heavy (non-hydrogen) atoms. The van der Waals surface area contributed by atoms with Crippen molar-refractivity contribution in [3.63, 3.8) is 0 Å². The highest BCUT2D eigenvalue weighted by atomic mass is 127. The van der Waals surface area contributed by atoms with Crippen molar-refractivity contribution in [2.75, 3.05) is 0 Å². The minimum Gasteiger partial charge on any atom is -0.299 e. The van der Waals surface area contributed by atoms with Gasteiger partial charge in [0.25, 0.3) is 0 Å². The second kappa shape index (κ2) is 6.20. The smallest absolute Gasteiger partial charge is 0.145 e. The van der Waals surface area contributed by atoms with Gasteiger partial charge in [-0.1, -0.05) is 42.2 Å². The fraction of sp³-hybridized carbons (Fsp3) is 0.769. The van der Waals surface area contributed by atoms with Crippen LogP contribution in [0.2, 0.25) is 19.6 Å². The van der Waals surface area contributed by atoms with Crippen molar-refractivity contribution >= 4 is 36.4 Å². The number of hydrogen-bond donors (Lipinski definition) is 0. The van der Waals surface area contributed by atoms with E-state index >= 15 is 0 Å². The molecule has 1 aliphatic carbocycles. The van der Waals surface area contributed by atoms with Gasteiger partial charge in [-0.15, -0.1) is 11.5 Å². The van der Waals surface area contributed by atoms with Gasteiger partial charge in [-0.25, -0.2) is 0 Å². The van der Waals surface area contributed by atoms with Crippen molar-refractivity contribution in [3.05, 3.63) is 0 Å². The van der Waals surface area contributed by atoms with Gasteiger partial charge in [0.1, 0.15) is 13.9 Å². The predicted octanol–water partition coefficient (Wildman–Crippen LogP) is 3.82. The van der Waals surface area contributed by atoms with Crippen LogP contribution >= 0.6 is 22.6 Å². The standard InChI is InChI=1S/C13H21IOSi/c1-16(2,3)10-5-4-7-11-8-6-9-12(15)13(11)14/h11,13H,4,6-9H2,1-3H3/t11-,13-/m0/s1. The zero-order chi connectivity index (χ0) is 12.2. The zero-order valence-electron chi connectivity index (χ0n) is 10.5. The highest BCUT2D eigenvalue weighted by Gasteiger charge is 2.28. The van der Waals surface area contributed by atoms with Crippen molar-refractivity contribution < 1.29 is 4.79 Å². The van der Waals surface area contributed by atoms with Crippen LogP contribution in [0, 0.1) is 17.4 Å². The van der Waals surface area contributed by atoms with E-state index in [0.29, 0.717) is 11.7 Å². The van der Waals surface area contributed by atoms with E-state index in [0.717, 1.165) is 25.7 Å². The molecule has 0 bridgehead atoms. The van der Waals surface area contributed by atoms with Crippen molar-refractivity contribution in [3.8, 4) is 11.5 Å². The Labute approximate surface area is 114 Å². The Morgan fingerprint density at radius 1 is 1.44 bits per heavy atom. The predicted molar refractivity (Wildman–Crippen MR) is 80.5 cm³/mol. The van der Waals surface area contributed by atoms with Gasteiger partial charge in [-0.2, -0.15) is 0 Å². The summed E-state index contributed by atoms with van der Waals surface area (Å²) in [4.78, 5) is 11.6. The first-order valence-electron chi connectivity index (χ1n) is 6.07. The van der Waals surface area contributed by atoms with Crippen LogP contribution in [0.1, 0.15) is 32.1 Å². The van der Waals surface area contributed by atoms with Crippen LogP contribution in [0.5, 0.6) is 0 Å².